The Hall–Kier alpha value is -2.08. The number of ether oxygens (including phenoxy) is 1. The zero-order valence-electron chi connectivity index (χ0n) is 12.8. The van der Waals surface area contributed by atoms with E-state index in [1.54, 1.807) is 7.05 Å². The number of likely N-dealkylation sites (N-methyl/N-ethyl adjacent to an activating group) is 1. The van der Waals surface area contributed by atoms with Crippen LogP contribution in [0.3, 0.4) is 0 Å². The summed E-state index contributed by atoms with van der Waals surface area (Å²) < 4.78 is 5.30. The fourth-order valence-electron chi connectivity index (χ4n) is 2.56. The summed E-state index contributed by atoms with van der Waals surface area (Å²) in [5.41, 5.74) is 0.912. The first-order valence-corrected chi connectivity index (χ1v) is 7.46. The topological polar surface area (TPSA) is 70.1 Å². The molecule has 2 amide bonds. The molecule has 2 rings (SSSR count). The van der Waals surface area contributed by atoms with Gasteiger partial charge in [-0.25, -0.2) is 4.79 Å². The van der Waals surface area contributed by atoms with Crippen molar-refractivity contribution in [3.63, 3.8) is 0 Å². The number of amides is 2. The van der Waals surface area contributed by atoms with Crippen molar-refractivity contribution in [2.75, 3.05) is 26.7 Å². The molecule has 0 unspecified atom stereocenters. The molecule has 120 valence electrons. The molecule has 1 saturated heterocycles. The van der Waals surface area contributed by atoms with Gasteiger partial charge in [-0.05, 0) is 18.4 Å². The summed E-state index contributed by atoms with van der Waals surface area (Å²) in [6.07, 6.45) is 0.955. The van der Waals surface area contributed by atoms with Crippen LogP contribution < -0.4 is 0 Å². The molecule has 0 radical (unpaired) electrons. The minimum Gasteiger partial charge on any atom is -0.445 e. The van der Waals surface area contributed by atoms with Crippen LogP contribution >= 0.6 is 0 Å². The second kappa shape index (κ2) is 7.79. The van der Waals surface area contributed by atoms with Crippen molar-refractivity contribution < 1.29 is 19.4 Å². The molecule has 1 aromatic carbocycles. The zero-order valence-corrected chi connectivity index (χ0v) is 12.8. The van der Waals surface area contributed by atoms with Crippen molar-refractivity contribution >= 4 is 12.0 Å². The number of nitrogens with zero attached hydrogens (tertiary/aromatic N) is 2. The lowest BCUT2D eigenvalue weighted by molar-refractivity contribution is -0.134. The number of aliphatic hydroxyl groups is 1. The first-order valence-electron chi connectivity index (χ1n) is 7.46. The normalized spacial score (nSPS) is 17.4. The predicted octanol–water partition coefficient (Wildman–Crippen LogP) is 1.24. The summed E-state index contributed by atoms with van der Waals surface area (Å²) in [6, 6.07) is 8.95. The fourth-order valence-corrected chi connectivity index (χ4v) is 2.56. The van der Waals surface area contributed by atoms with Crippen molar-refractivity contribution in [2.45, 2.75) is 25.5 Å². The van der Waals surface area contributed by atoms with Crippen LogP contribution in [0.25, 0.3) is 0 Å². The van der Waals surface area contributed by atoms with E-state index in [4.69, 9.17) is 9.84 Å². The van der Waals surface area contributed by atoms with E-state index in [1.807, 2.05) is 30.3 Å². The molecule has 0 spiro atoms. The van der Waals surface area contributed by atoms with Gasteiger partial charge in [-0.1, -0.05) is 30.3 Å². The van der Waals surface area contributed by atoms with Gasteiger partial charge in [0.25, 0.3) is 0 Å². The Balaban J connectivity index is 1.92. The summed E-state index contributed by atoms with van der Waals surface area (Å²) in [7, 11) is 1.63. The van der Waals surface area contributed by atoms with E-state index in [0.29, 0.717) is 13.0 Å². The number of benzene rings is 1. The Labute approximate surface area is 130 Å². The third kappa shape index (κ3) is 3.98. The molecular weight excluding hydrogens is 284 g/mol. The fraction of sp³-hybridized carbons (Fsp3) is 0.500. The minimum atomic E-state index is -0.486. The molecule has 0 saturated carbocycles. The number of carbonyl (C=O) groups excluding carboxylic acids is 2. The third-order valence-corrected chi connectivity index (χ3v) is 3.79. The average molecular weight is 306 g/mol. The largest absolute Gasteiger partial charge is 0.445 e. The van der Waals surface area contributed by atoms with Gasteiger partial charge < -0.3 is 14.7 Å². The quantitative estimate of drug-likeness (QED) is 0.888. The maximum absolute atomic E-state index is 12.3. The van der Waals surface area contributed by atoms with E-state index >= 15 is 0 Å². The molecule has 0 aromatic heterocycles. The number of aliphatic hydroxyl groups excluding tert-OH is 1. The lowest BCUT2D eigenvalue weighted by Crippen LogP contribution is -2.47. The molecule has 0 aliphatic carbocycles. The van der Waals surface area contributed by atoms with E-state index in [0.717, 1.165) is 12.0 Å². The van der Waals surface area contributed by atoms with E-state index in [2.05, 4.69) is 0 Å². The van der Waals surface area contributed by atoms with Gasteiger partial charge >= 0.3 is 6.09 Å². The van der Waals surface area contributed by atoms with Gasteiger partial charge in [0.15, 0.2) is 0 Å². The zero-order chi connectivity index (χ0) is 15.9. The van der Waals surface area contributed by atoms with Crippen LogP contribution in [0.2, 0.25) is 0 Å². The lowest BCUT2D eigenvalue weighted by Gasteiger charge is -2.27. The number of hydrogen-bond acceptors (Lipinski definition) is 4. The Bertz CT molecular complexity index is 506. The van der Waals surface area contributed by atoms with Crippen molar-refractivity contribution in [3.8, 4) is 0 Å². The molecular formula is C16H22N2O4. The summed E-state index contributed by atoms with van der Waals surface area (Å²) in [5.74, 6) is -0.150. The summed E-state index contributed by atoms with van der Waals surface area (Å²) in [4.78, 5) is 27.4. The highest BCUT2D eigenvalue weighted by atomic mass is 16.6. The van der Waals surface area contributed by atoms with Crippen LogP contribution in [0.1, 0.15) is 18.4 Å². The molecule has 6 nitrogen and oxygen atoms in total. The predicted molar refractivity (Wildman–Crippen MR) is 81.1 cm³/mol. The van der Waals surface area contributed by atoms with Crippen LogP contribution in [0.4, 0.5) is 4.79 Å². The van der Waals surface area contributed by atoms with E-state index in [9.17, 15) is 9.59 Å². The smallest absolute Gasteiger partial charge is 0.410 e. The molecule has 1 N–H and O–H groups in total. The third-order valence-electron chi connectivity index (χ3n) is 3.79. The Morgan fingerprint density at radius 2 is 2.09 bits per heavy atom. The van der Waals surface area contributed by atoms with Crippen LogP contribution in [0.15, 0.2) is 30.3 Å². The number of rotatable bonds is 5. The first kappa shape index (κ1) is 16.3. The van der Waals surface area contributed by atoms with Crippen molar-refractivity contribution in [2.24, 2.45) is 0 Å². The highest BCUT2D eigenvalue weighted by Crippen LogP contribution is 2.20. The number of likely N-dealkylation sites (tertiary alicyclic amines) is 1. The molecule has 22 heavy (non-hydrogen) atoms. The van der Waals surface area contributed by atoms with Gasteiger partial charge in [-0.3, -0.25) is 9.69 Å². The highest BCUT2D eigenvalue weighted by Gasteiger charge is 2.36. The Morgan fingerprint density at radius 3 is 2.77 bits per heavy atom. The molecule has 1 aromatic rings. The van der Waals surface area contributed by atoms with Gasteiger partial charge in [0.1, 0.15) is 12.6 Å². The molecule has 1 atom stereocenters. The van der Waals surface area contributed by atoms with E-state index in [1.165, 1.54) is 9.80 Å². The molecule has 0 bridgehead atoms. The molecule has 1 fully saturated rings. The van der Waals surface area contributed by atoms with Gasteiger partial charge in [-0.2, -0.15) is 0 Å². The second-order valence-electron chi connectivity index (χ2n) is 5.38. The summed E-state index contributed by atoms with van der Waals surface area (Å²) in [5, 5.41) is 8.91. The monoisotopic (exact) mass is 306 g/mol. The van der Waals surface area contributed by atoms with Gasteiger partial charge in [-0.15, -0.1) is 0 Å². The van der Waals surface area contributed by atoms with Crippen LogP contribution in [-0.4, -0.2) is 59.7 Å². The minimum absolute atomic E-state index is 0.0899. The maximum atomic E-state index is 12.3. The molecule has 1 aliphatic heterocycles. The van der Waals surface area contributed by atoms with Crippen molar-refractivity contribution in [1.82, 2.24) is 9.80 Å². The second-order valence-corrected chi connectivity index (χ2v) is 5.38. The number of hydrogen-bond donors (Lipinski definition) is 1. The number of carbonyl (C=O) groups is 2. The first-order chi connectivity index (χ1) is 10.6. The van der Waals surface area contributed by atoms with E-state index in [-0.39, 0.29) is 25.7 Å². The van der Waals surface area contributed by atoms with Crippen LogP contribution in [-0.2, 0) is 16.1 Å². The molecule has 1 aliphatic rings. The summed E-state index contributed by atoms with van der Waals surface area (Å²) in [6.45, 7) is 0.899. The van der Waals surface area contributed by atoms with Crippen molar-refractivity contribution in [1.29, 1.82) is 0 Å². The standard InChI is InChI=1S/C16H22N2O4/c1-17(10-11-19)15(20)14-8-5-9-18(14)16(21)22-12-13-6-3-2-4-7-13/h2-4,6-7,14,19H,5,8-12H2,1H3/t14-/m1/s1. The lowest BCUT2D eigenvalue weighted by atomic mass is 10.2. The van der Waals surface area contributed by atoms with Gasteiger partial charge in [0, 0.05) is 20.1 Å². The highest BCUT2D eigenvalue weighted by molar-refractivity contribution is 5.86. The molecule has 6 heteroatoms. The van der Waals surface area contributed by atoms with Gasteiger partial charge in [0.2, 0.25) is 5.91 Å². The SMILES string of the molecule is CN(CCO)C(=O)[C@H]1CCCN1C(=O)OCc1ccccc1. The van der Waals surface area contributed by atoms with Gasteiger partial charge in [0.05, 0.1) is 6.61 Å². The Morgan fingerprint density at radius 1 is 1.36 bits per heavy atom. The average Bonchev–Trinajstić information content (AvgIpc) is 3.02. The van der Waals surface area contributed by atoms with Crippen LogP contribution in [0.5, 0.6) is 0 Å². The summed E-state index contributed by atoms with van der Waals surface area (Å²) >= 11 is 0. The van der Waals surface area contributed by atoms with Crippen molar-refractivity contribution in [3.05, 3.63) is 35.9 Å². The Kier molecular flexibility index (Phi) is 5.77. The maximum Gasteiger partial charge on any atom is 0.410 e. The molecule has 1 heterocycles. The van der Waals surface area contributed by atoms with E-state index < -0.39 is 12.1 Å². The van der Waals surface area contributed by atoms with Crippen LogP contribution in [0, 0.1) is 0 Å².